The molecule has 0 saturated carbocycles. The summed E-state index contributed by atoms with van der Waals surface area (Å²) in [5.41, 5.74) is 2.43. The molecule has 0 amide bonds. The summed E-state index contributed by atoms with van der Waals surface area (Å²) >= 11 is 0. The van der Waals surface area contributed by atoms with Gasteiger partial charge in [0.25, 0.3) is 0 Å². The molecular weight excluding hydrogens is 242 g/mol. The van der Waals surface area contributed by atoms with E-state index < -0.39 is 12.0 Å². The van der Waals surface area contributed by atoms with Crippen LogP contribution in [0.4, 0.5) is 0 Å². The van der Waals surface area contributed by atoms with E-state index in [0.717, 1.165) is 12.0 Å². The number of hydrogen-bond donors (Lipinski definition) is 2. The molecule has 2 N–H and O–H groups in total. The first-order valence-electron chi connectivity index (χ1n) is 6.73. The van der Waals surface area contributed by atoms with Crippen LogP contribution in [0.2, 0.25) is 0 Å². The average Bonchev–Trinajstić information content (AvgIpc) is 2.39. The van der Waals surface area contributed by atoms with E-state index in [2.05, 4.69) is 43.4 Å². The lowest BCUT2D eigenvalue weighted by atomic mass is 10.00. The predicted octanol–water partition coefficient (Wildman–Crippen LogP) is 2.00. The molecule has 1 heterocycles. The molecule has 0 aromatic heterocycles. The summed E-state index contributed by atoms with van der Waals surface area (Å²) in [6.45, 7) is 5.16. The minimum atomic E-state index is -0.856. The Balaban J connectivity index is 1.94. The third-order valence-corrected chi connectivity index (χ3v) is 3.31. The third-order valence-electron chi connectivity index (χ3n) is 3.31. The topological polar surface area (TPSA) is 58.6 Å². The van der Waals surface area contributed by atoms with E-state index in [1.165, 1.54) is 5.56 Å². The summed E-state index contributed by atoms with van der Waals surface area (Å²) in [4.78, 5) is 10.8. The molecule has 1 saturated heterocycles. The number of hydrogen-bond acceptors (Lipinski definition) is 3. The van der Waals surface area contributed by atoms with Gasteiger partial charge >= 0.3 is 5.97 Å². The zero-order valence-corrected chi connectivity index (χ0v) is 11.4. The van der Waals surface area contributed by atoms with Gasteiger partial charge in [0.15, 0.2) is 0 Å². The van der Waals surface area contributed by atoms with E-state index in [1.54, 1.807) is 0 Å². The molecular formula is C15H21NO3. The molecule has 0 bridgehead atoms. The van der Waals surface area contributed by atoms with Gasteiger partial charge in [-0.25, -0.2) is 0 Å². The van der Waals surface area contributed by atoms with Gasteiger partial charge in [-0.2, -0.15) is 0 Å². The minimum absolute atomic E-state index is 0.0521. The molecule has 2 unspecified atom stereocenters. The minimum Gasteiger partial charge on any atom is -0.480 e. The maximum atomic E-state index is 10.8. The highest BCUT2D eigenvalue weighted by Crippen LogP contribution is 2.21. The van der Waals surface area contributed by atoms with E-state index in [1.807, 2.05) is 0 Å². The summed E-state index contributed by atoms with van der Waals surface area (Å²) < 4.78 is 5.62. The molecule has 1 aliphatic rings. The lowest BCUT2D eigenvalue weighted by Gasteiger charge is -2.28. The second-order valence-corrected chi connectivity index (χ2v) is 5.46. The van der Waals surface area contributed by atoms with Crippen molar-refractivity contribution in [1.29, 1.82) is 0 Å². The van der Waals surface area contributed by atoms with Crippen molar-refractivity contribution >= 4 is 5.97 Å². The molecule has 1 aromatic rings. The van der Waals surface area contributed by atoms with Crippen LogP contribution in [0.1, 0.15) is 31.1 Å². The SMILES string of the molecule is CC(C)Cc1ccc(C2CNC(C(=O)O)CO2)cc1. The Kier molecular flexibility index (Phi) is 4.56. The zero-order valence-electron chi connectivity index (χ0n) is 11.4. The number of carboxylic acid groups (broad SMARTS) is 1. The smallest absolute Gasteiger partial charge is 0.323 e. The van der Waals surface area contributed by atoms with E-state index in [9.17, 15) is 4.79 Å². The summed E-state index contributed by atoms with van der Waals surface area (Å²) in [5.74, 6) is -0.208. The quantitative estimate of drug-likeness (QED) is 0.872. The van der Waals surface area contributed by atoms with Crippen LogP contribution in [0, 0.1) is 5.92 Å². The van der Waals surface area contributed by atoms with Crippen molar-refractivity contribution in [3.8, 4) is 0 Å². The van der Waals surface area contributed by atoms with Gasteiger partial charge in [-0.05, 0) is 23.5 Å². The predicted molar refractivity (Wildman–Crippen MR) is 73.1 cm³/mol. The third kappa shape index (κ3) is 3.78. The monoisotopic (exact) mass is 263 g/mol. The van der Waals surface area contributed by atoms with Gasteiger partial charge in [0, 0.05) is 6.54 Å². The summed E-state index contributed by atoms with van der Waals surface area (Å²) in [6.07, 6.45) is 1.02. The lowest BCUT2D eigenvalue weighted by Crippen LogP contribution is -2.47. The normalized spacial score (nSPS) is 23.5. The van der Waals surface area contributed by atoms with Gasteiger partial charge in [0.2, 0.25) is 0 Å². The Hall–Kier alpha value is -1.39. The van der Waals surface area contributed by atoms with Crippen molar-refractivity contribution in [2.75, 3.05) is 13.2 Å². The summed E-state index contributed by atoms with van der Waals surface area (Å²) in [6, 6.07) is 7.82. The number of morpholine rings is 1. The molecule has 19 heavy (non-hydrogen) atoms. The molecule has 1 fully saturated rings. The van der Waals surface area contributed by atoms with Crippen molar-refractivity contribution in [3.05, 3.63) is 35.4 Å². The Morgan fingerprint density at radius 1 is 1.42 bits per heavy atom. The van der Waals surface area contributed by atoms with E-state index in [-0.39, 0.29) is 12.7 Å². The fraction of sp³-hybridized carbons (Fsp3) is 0.533. The first-order chi connectivity index (χ1) is 9.06. The van der Waals surface area contributed by atoms with Crippen molar-refractivity contribution in [3.63, 3.8) is 0 Å². The van der Waals surface area contributed by atoms with Gasteiger partial charge in [0.1, 0.15) is 6.04 Å². The summed E-state index contributed by atoms with van der Waals surface area (Å²) in [7, 11) is 0. The van der Waals surface area contributed by atoms with Gasteiger partial charge in [-0.15, -0.1) is 0 Å². The van der Waals surface area contributed by atoms with Gasteiger partial charge in [-0.1, -0.05) is 38.1 Å². The largest absolute Gasteiger partial charge is 0.480 e. The van der Waals surface area contributed by atoms with Crippen LogP contribution >= 0.6 is 0 Å². The van der Waals surface area contributed by atoms with Crippen LogP contribution in [-0.2, 0) is 16.0 Å². The van der Waals surface area contributed by atoms with Crippen molar-refractivity contribution in [2.24, 2.45) is 5.92 Å². The molecule has 1 aromatic carbocycles. The number of aliphatic carboxylic acids is 1. The highest BCUT2D eigenvalue weighted by molar-refractivity contribution is 5.73. The maximum Gasteiger partial charge on any atom is 0.323 e. The van der Waals surface area contributed by atoms with Crippen LogP contribution in [-0.4, -0.2) is 30.3 Å². The zero-order chi connectivity index (χ0) is 13.8. The van der Waals surface area contributed by atoms with Crippen LogP contribution in [0.3, 0.4) is 0 Å². The lowest BCUT2D eigenvalue weighted by molar-refractivity contribution is -0.144. The van der Waals surface area contributed by atoms with Crippen molar-refractivity contribution in [2.45, 2.75) is 32.4 Å². The molecule has 4 nitrogen and oxygen atoms in total. The number of carbonyl (C=O) groups is 1. The summed E-state index contributed by atoms with van der Waals surface area (Å²) in [5, 5.41) is 11.9. The van der Waals surface area contributed by atoms with E-state index in [0.29, 0.717) is 12.5 Å². The molecule has 2 rings (SSSR count). The second-order valence-electron chi connectivity index (χ2n) is 5.46. The van der Waals surface area contributed by atoms with E-state index >= 15 is 0 Å². The number of carboxylic acids is 1. The Labute approximate surface area is 113 Å². The fourth-order valence-electron chi connectivity index (χ4n) is 2.29. The average molecular weight is 263 g/mol. The highest BCUT2D eigenvalue weighted by atomic mass is 16.5. The van der Waals surface area contributed by atoms with Crippen LogP contribution in [0.15, 0.2) is 24.3 Å². The van der Waals surface area contributed by atoms with Crippen molar-refractivity contribution < 1.29 is 14.6 Å². The van der Waals surface area contributed by atoms with Gasteiger partial charge in [-0.3, -0.25) is 10.1 Å². The van der Waals surface area contributed by atoms with Crippen LogP contribution in [0.25, 0.3) is 0 Å². The van der Waals surface area contributed by atoms with Crippen LogP contribution in [0.5, 0.6) is 0 Å². The molecule has 2 atom stereocenters. The Bertz CT molecular complexity index is 420. The van der Waals surface area contributed by atoms with Crippen molar-refractivity contribution in [1.82, 2.24) is 5.32 Å². The maximum absolute atomic E-state index is 10.8. The first kappa shape index (κ1) is 14.0. The number of ether oxygens (including phenoxy) is 1. The number of benzene rings is 1. The molecule has 0 radical (unpaired) electrons. The first-order valence-corrected chi connectivity index (χ1v) is 6.73. The standard InChI is InChI=1S/C15H21NO3/c1-10(2)7-11-3-5-12(6-4-11)14-8-16-13(9-19-14)15(17)18/h3-6,10,13-14,16H,7-9H2,1-2H3,(H,17,18). The second kappa shape index (κ2) is 6.17. The van der Waals surface area contributed by atoms with Gasteiger partial charge in [0.05, 0.1) is 12.7 Å². The van der Waals surface area contributed by atoms with Gasteiger partial charge < -0.3 is 9.84 Å². The number of rotatable bonds is 4. The molecule has 104 valence electrons. The highest BCUT2D eigenvalue weighted by Gasteiger charge is 2.26. The molecule has 0 aliphatic carbocycles. The van der Waals surface area contributed by atoms with Crippen LogP contribution < -0.4 is 5.32 Å². The Morgan fingerprint density at radius 3 is 2.58 bits per heavy atom. The molecule has 1 aliphatic heterocycles. The molecule has 4 heteroatoms. The number of nitrogens with one attached hydrogen (secondary N) is 1. The van der Waals surface area contributed by atoms with E-state index in [4.69, 9.17) is 9.84 Å². The fourth-order valence-corrected chi connectivity index (χ4v) is 2.29. The Morgan fingerprint density at radius 2 is 2.11 bits per heavy atom. The molecule has 0 spiro atoms.